The van der Waals surface area contributed by atoms with Crippen LogP contribution in [0.4, 0.5) is 4.39 Å². The van der Waals surface area contributed by atoms with Gasteiger partial charge in [0.05, 0.1) is 11.7 Å². The van der Waals surface area contributed by atoms with E-state index in [9.17, 15) is 4.39 Å². The fourth-order valence-electron chi connectivity index (χ4n) is 3.00. The Bertz CT molecular complexity index is 587. The highest BCUT2D eigenvalue weighted by molar-refractivity contribution is 5.19. The number of nitrogens with one attached hydrogen (secondary N) is 1. The topological polar surface area (TPSA) is 29.9 Å². The van der Waals surface area contributed by atoms with Gasteiger partial charge in [0, 0.05) is 18.8 Å². The van der Waals surface area contributed by atoms with Crippen LogP contribution in [0, 0.1) is 5.82 Å². The Labute approximate surface area is 125 Å². The van der Waals surface area contributed by atoms with Gasteiger partial charge >= 0.3 is 0 Å². The first-order valence-electron chi connectivity index (χ1n) is 7.75. The molecule has 1 aromatic heterocycles. The second kappa shape index (κ2) is 6.39. The van der Waals surface area contributed by atoms with Crippen molar-refractivity contribution in [3.63, 3.8) is 0 Å². The normalized spacial score (nSPS) is 17.2. The van der Waals surface area contributed by atoms with E-state index in [0.717, 1.165) is 11.3 Å². The average molecular weight is 287 g/mol. The maximum atomic E-state index is 13.2. The molecule has 1 fully saturated rings. The molecule has 1 aliphatic rings. The molecule has 2 aromatic rings. The lowest BCUT2D eigenvalue weighted by atomic mass is 10.1. The zero-order valence-electron chi connectivity index (χ0n) is 12.4. The van der Waals surface area contributed by atoms with E-state index in [4.69, 9.17) is 0 Å². The predicted molar refractivity (Wildman–Crippen MR) is 81.4 cm³/mol. The Morgan fingerprint density at radius 2 is 2.14 bits per heavy atom. The van der Waals surface area contributed by atoms with Gasteiger partial charge in [0.1, 0.15) is 5.82 Å². The van der Waals surface area contributed by atoms with Crippen LogP contribution in [0.1, 0.15) is 55.9 Å². The molecule has 0 bridgehead atoms. The summed E-state index contributed by atoms with van der Waals surface area (Å²) in [5.41, 5.74) is 2.01. The van der Waals surface area contributed by atoms with E-state index >= 15 is 0 Å². The van der Waals surface area contributed by atoms with Crippen LogP contribution in [-0.4, -0.2) is 9.78 Å². The summed E-state index contributed by atoms with van der Waals surface area (Å²) in [7, 11) is 0. The number of hydrogen-bond acceptors (Lipinski definition) is 2. The Hall–Kier alpha value is -1.68. The minimum absolute atomic E-state index is 0.109. The monoisotopic (exact) mass is 287 g/mol. The van der Waals surface area contributed by atoms with E-state index in [1.54, 1.807) is 12.1 Å². The quantitative estimate of drug-likeness (QED) is 0.901. The fraction of sp³-hybridized carbons (Fsp3) is 0.471. The lowest BCUT2D eigenvalue weighted by Gasteiger charge is -2.13. The van der Waals surface area contributed by atoms with Gasteiger partial charge in [-0.05, 0) is 43.5 Å². The number of hydrogen-bond donors (Lipinski definition) is 1. The molecule has 1 aromatic carbocycles. The summed E-state index contributed by atoms with van der Waals surface area (Å²) in [5, 5.41) is 8.06. The molecule has 112 valence electrons. The molecule has 0 spiro atoms. The smallest absolute Gasteiger partial charge is 0.123 e. The van der Waals surface area contributed by atoms with Gasteiger partial charge in [-0.2, -0.15) is 5.10 Å². The van der Waals surface area contributed by atoms with Crippen LogP contribution in [-0.2, 0) is 6.54 Å². The highest BCUT2D eigenvalue weighted by Crippen LogP contribution is 2.28. The van der Waals surface area contributed by atoms with Crippen molar-refractivity contribution in [1.82, 2.24) is 15.1 Å². The molecule has 1 heterocycles. The summed E-state index contributed by atoms with van der Waals surface area (Å²) in [6, 6.07) is 9.50. The zero-order valence-corrected chi connectivity index (χ0v) is 12.4. The zero-order chi connectivity index (χ0) is 14.7. The molecule has 0 saturated heterocycles. The van der Waals surface area contributed by atoms with Gasteiger partial charge in [-0.15, -0.1) is 0 Å². The minimum atomic E-state index is -0.188. The van der Waals surface area contributed by atoms with Crippen molar-refractivity contribution in [3.8, 4) is 0 Å². The highest BCUT2D eigenvalue weighted by Gasteiger charge is 2.17. The third-order valence-electron chi connectivity index (χ3n) is 4.30. The van der Waals surface area contributed by atoms with E-state index in [2.05, 4.69) is 27.4 Å². The van der Waals surface area contributed by atoms with Gasteiger partial charge < -0.3 is 5.32 Å². The third-order valence-corrected chi connectivity index (χ3v) is 4.30. The van der Waals surface area contributed by atoms with Gasteiger partial charge in [-0.1, -0.05) is 25.0 Å². The van der Waals surface area contributed by atoms with Crippen LogP contribution in [0.3, 0.4) is 0 Å². The van der Waals surface area contributed by atoms with Gasteiger partial charge in [0.15, 0.2) is 0 Å². The molecule has 21 heavy (non-hydrogen) atoms. The Balaban J connectivity index is 1.57. The van der Waals surface area contributed by atoms with Crippen LogP contribution in [0.2, 0.25) is 0 Å². The number of benzene rings is 1. The molecule has 1 atom stereocenters. The first kappa shape index (κ1) is 14.3. The Morgan fingerprint density at radius 1 is 1.33 bits per heavy atom. The highest BCUT2D eigenvalue weighted by atomic mass is 19.1. The summed E-state index contributed by atoms with van der Waals surface area (Å²) < 4.78 is 15.3. The average Bonchev–Trinajstić information content (AvgIpc) is 3.15. The molecule has 1 saturated carbocycles. The van der Waals surface area contributed by atoms with Crippen LogP contribution < -0.4 is 5.32 Å². The van der Waals surface area contributed by atoms with Gasteiger partial charge in [-0.3, -0.25) is 4.68 Å². The van der Waals surface area contributed by atoms with E-state index in [1.807, 2.05) is 13.0 Å². The van der Waals surface area contributed by atoms with E-state index < -0.39 is 0 Å². The van der Waals surface area contributed by atoms with Crippen molar-refractivity contribution in [2.45, 2.75) is 51.2 Å². The third kappa shape index (κ3) is 3.50. The Morgan fingerprint density at radius 3 is 2.90 bits per heavy atom. The Kier molecular flexibility index (Phi) is 4.34. The van der Waals surface area contributed by atoms with Crippen LogP contribution in [0.15, 0.2) is 36.5 Å². The van der Waals surface area contributed by atoms with E-state index in [1.165, 1.54) is 31.7 Å². The first-order valence-corrected chi connectivity index (χ1v) is 7.75. The van der Waals surface area contributed by atoms with Gasteiger partial charge in [-0.25, -0.2) is 4.39 Å². The molecule has 0 radical (unpaired) electrons. The number of aromatic nitrogens is 2. The second-order valence-corrected chi connectivity index (χ2v) is 5.88. The molecule has 4 heteroatoms. The van der Waals surface area contributed by atoms with E-state index in [-0.39, 0.29) is 11.9 Å². The van der Waals surface area contributed by atoms with Gasteiger partial charge in [0.25, 0.3) is 0 Å². The molecule has 1 N–H and O–H groups in total. The summed E-state index contributed by atoms with van der Waals surface area (Å²) in [6.45, 7) is 2.75. The maximum absolute atomic E-state index is 13.2. The summed E-state index contributed by atoms with van der Waals surface area (Å²) in [6.07, 6.45) is 7.20. The van der Waals surface area contributed by atoms with Crippen LogP contribution in [0.5, 0.6) is 0 Å². The molecule has 0 unspecified atom stereocenters. The lowest BCUT2D eigenvalue weighted by Crippen LogP contribution is -2.19. The SMILES string of the molecule is C[C@@H](NCc1ccn(C2CCCC2)n1)c1cccc(F)c1. The summed E-state index contributed by atoms with van der Waals surface area (Å²) >= 11 is 0. The molecule has 0 aliphatic heterocycles. The lowest BCUT2D eigenvalue weighted by molar-refractivity contribution is 0.458. The largest absolute Gasteiger partial charge is 0.304 e. The standard InChI is InChI=1S/C17H22FN3/c1-13(14-5-4-6-15(18)11-14)19-12-16-9-10-21(20-16)17-7-2-3-8-17/h4-6,9-11,13,17,19H,2-3,7-8,12H2,1H3/t13-/m1/s1. The summed E-state index contributed by atoms with van der Waals surface area (Å²) in [4.78, 5) is 0. The molecule has 0 amide bonds. The number of nitrogens with zero attached hydrogens (tertiary/aromatic N) is 2. The van der Waals surface area contributed by atoms with Crippen molar-refractivity contribution >= 4 is 0 Å². The number of rotatable bonds is 5. The summed E-state index contributed by atoms with van der Waals surface area (Å²) in [5.74, 6) is -0.188. The predicted octanol–water partition coefficient (Wildman–Crippen LogP) is 3.99. The van der Waals surface area contributed by atoms with Crippen molar-refractivity contribution in [2.75, 3.05) is 0 Å². The van der Waals surface area contributed by atoms with Crippen molar-refractivity contribution in [3.05, 3.63) is 53.6 Å². The van der Waals surface area contributed by atoms with Crippen LogP contribution in [0.25, 0.3) is 0 Å². The molecule has 3 rings (SSSR count). The molecule has 3 nitrogen and oxygen atoms in total. The minimum Gasteiger partial charge on any atom is -0.304 e. The molecule has 1 aliphatic carbocycles. The number of halogens is 1. The fourth-order valence-corrected chi connectivity index (χ4v) is 3.00. The van der Waals surface area contributed by atoms with Crippen molar-refractivity contribution in [2.24, 2.45) is 0 Å². The van der Waals surface area contributed by atoms with Crippen molar-refractivity contribution in [1.29, 1.82) is 0 Å². The molecular weight excluding hydrogens is 265 g/mol. The second-order valence-electron chi connectivity index (χ2n) is 5.88. The van der Waals surface area contributed by atoms with Gasteiger partial charge in [0.2, 0.25) is 0 Å². The maximum Gasteiger partial charge on any atom is 0.123 e. The first-order chi connectivity index (χ1) is 10.2. The van der Waals surface area contributed by atoms with Crippen LogP contribution >= 0.6 is 0 Å². The molecular formula is C17H22FN3. The van der Waals surface area contributed by atoms with Crippen molar-refractivity contribution < 1.29 is 4.39 Å². The van der Waals surface area contributed by atoms with E-state index in [0.29, 0.717) is 12.6 Å².